The van der Waals surface area contributed by atoms with Crippen LogP contribution in [0, 0.1) is 5.82 Å². The summed E-state index contributed by atoms with van der Waals surface area (Å²) in [4.78, 5) is 11.1. The molecule has 0 heterocycles. The maximum absolute atomic E-state index is 13.6. The maximum Gasteiger partial charge on any atom is 0.337 e. The minimum absolute atomic E-state index is 0.0214. The molecule has 0 aliphatic heterocycles. The zero-order valence-corrected chi connectivity index (χ0v) is 11.8. The van der Waals surface area contributed by atoms with Crippen LogP contribution in [-0.4, -0.2) is 11.1 Å². The Hall–Kier alpha value is -1.59. The number of hydrogen-bond acceptors (Lipinski definition) is 2. The van der Waals surface area contributed by atoms with Crippen molar-refractivity contribution in [2.45, 2.75) is 0 Å². The molecule has 2 aromatic rings. The van der Waals surface area contributed by atoms with E-state index >= 15 is 0 Å². The second-order valence-corrected chi connectivity index (χ2v) is 5.10. The standard InChI is InChI=1S/C13H8BrClFNO2/c14-7-1-3-10(16)12(5-7)17-11-4-2-8(15)6-9(11)13(18)19/h1-6,17H,(H,18,19). The molecule has 0 atom stereocenters. The van der Waals surface area contributed by atoms with Gasteiger partial charge in [0.2, 0.25) is 0 Å². The van der Waals surface area contributed by atoms with Crippen molar-refractivity contribution in [3.8, 4) is 0 Å². The summed E-state index contributed by atoms with van der Waals surface area (Å²) in [5.41, 5.74) is 0.431. The SMILES string of the molecule is O=C(O)c1cc(Cl)ccc1Nc1cc(Br)ccc1F. The van der Waals surface area contributed by atoms with Crippen LogP contribution in [0.15, 0.2) is 40.9 Å². The van der Waals surface area contributed by atoms with Crippen LogP contribution in [0.4, 0.5) is 15.8 Å². The smallest absolute Gasteiger partial charge is 0.337 e. The molecule has 0 bridgehead atoms. The molecule has 2 aromatic carbocycles. The molecule has 98 valence electrons. The number of carboxylic acid groups (broad SMARTS) is 1. The molecule has 0 fully saturated rings. The Labute approximate surface area is 122 Å². The highest BCUT2D eigenvalue weighted by molar-refractivity contribution is 9.10. The van der Waals surface area contributed by atoms with Gasteiger partial charge in [-0.05, 0) is 36.4 Å². The van der Waals surface area contributed by atoms with E-state index in [4.69, 9.17) is 16.7 Å². The van der Waals surface area contributed by atoms with Gasteiger partial charge in [0.15, 0.2) is 0 Å². The van der Waals surface area contributed by atoms with Crippen molar-refractivity contribution in [3.63, 3.8) is 0 Å². The number of carboxylic acids is 1. The Bertz CT molecular complexity index is 649. The average Bonchev–Trinajstić information content (AvgIpc) is 2.35. The number of aromatic carboxylic acids is 1. The van der Waals surface area contributed by atoms with Crippen LogP contribution in [0.5, 0.6) is 0 Å². The third kappa shape index (κ3) is 3.24. The van der Waals surface area contributed by atoms with Crippen molar-refractivity contribution in [1.82, 2.24) is 0 Å². The zero-order valence-electron chi connectivity index (χ0n) is 9.45. The van der Waals surface area contributed by atoms with Crippen LogP contribution in [0.3, 0.4) is 0 Å². The van der Waals surface area contributed by atoms with E-state index in [0.29, 0.717) is 9.50 Å². The second-order valence-electron chi connectivity index (χ2n) is 3.74. The zero-order chi connectivity index (χ0) is 14.0. The van der Waals surface area contributed by atoms with Gasteiger partial charge in [0.1, 0.15) is 5.82 Å². The van der Waals surface area contributed by atoms with Gasteiger partial charge in [-0.1, -0.05) is 27.5 Å². The Balaban J connectivity index is 2.43. The summed E-state index contributed by atoms with van der Waals surface area (Å²) >= 11 is 8.97. The topological polar surface area (TPSA) is 49.3 Å². The number of anilines is 2. The number of benzene rings is 2. The molecule has 0 saturated carbocycles. The van der Waals surface area contributed by atoms with Gasteiger partial charge in [-0.2, -0.15) is 0 Å². The predicted molar refractivity (Wildman–Crippen MR) is 75.8 cm³/mol. The molecule has 0 saturated heterocycles. The fourth-order valence-electron chi connectivity index (χ4n) is 1.54. The lowest BCUT2D eigenvalue weighted by Crippen LogP contribution is -2.03. The number of hydrogen-bond donors (Lipinski definition) is 2. The summed E-state index contributed by atoms with van der Waals surface area (Å²) in [6, 6.07) is 8.69. The van der Waals surface area contributed by atoms with Gasteiger partial charge in [0.25, 0.3) is 0 Å². The molecule has 3 nitrogen and oxygen atoms in total. The van der Waals surface area contributed by atoms with Gasteiger partial charge in [-0.15, -0.1) is 0 Å². The number of rotatable bonds is 3. The second kappa shape index (κ2) is 5.59. The number of carbonyl (C=O) groups is 1. The van der Waals surface area contributed by atoms with E-state index < -0.39 is 11.8 Å². The summed E-state index contributed by atoms with van der Waals surface area (Å²) in [5.74, 6) is -1.62. The first-order valence-corrected chi connectivity index (χ1v) is 6.39. The molecule has 19 heavy (non-hydrogen) atoms. The maximum atomic E-state index is 13.6. The molecule has 0 spiro atoms. The Morgan fingerprint density at radius 1 is 1.21 bits per heavy atom. The lowest BCUT2D eigenvalue weighted by Gasteiger charge is -2.11. The molecule has 0 radical (unpaired) electrons. The van der Waals surface area contributed by atoms with Gasteiger partial charge in [0, 0.05) is 9.50 Å². The largest absolute Gasteiger partial charge is 0.478 e. The first kappa shape index (κ1) is 13.8. The molecule has 6 heteroatoms. The molecule has 0 aliphatic carbocycles. The van der Waals surface area contributed by atoms with Crippen molar-refractivity contribution in [1.29, 1.82) is 0 Å². The molecular weight excluding hydrogens is 337 g/mol. The first-order chi connectivity index (χ1) is 8.97. The molecule has 0 amide bonds. The summed E-state index contributed by atoms with van der Waals surface area (Å²) < 4.78 is 14.3. The minimum atomic E-state index is -1.14. The molecule has 0 unspecified atom stereocenters. The third-order valence-corrected chi connectivity index (χ3v) is 3.14. The quantitative estimate of drug-likeness (QED) is 0.849. The molecule has 2 N–H and O–H groups in total. The van der Waals surface area contributed by atoms with E-state index in [1.807, 2.05) is 0 Å². The molecular formula is C13H8BrClFNO2. The van der Waals surface area contributed by atoms with Gasteiger partial charge >= 0.3 is 5.97 Å². The van der Waals surface area contributed by atoms with Crippen molar-refractivity contribution in [2.75, 3.05) is 5.32 Å². The van der Waals surface area contributed by atoms with E-state index in [9.17, 15) is 9.18 Å². The van der Waals surface area contributed by atoms with Crippen molar-refractivity contribution in [2.24, 2.45) is 0 Å². The number of nitrogens with one attached hydrogen (secondary N) is 1. The highest BCUT2D eigenvalue weighted by Crippen LogP contribution is 2.27. The monoisotopic (exact) mass is 343 g/mol. The molecule has 0 aliphatic rings. The molecule has 0 aromatic heterocycles. The predicted octanol–water partition coefficient (Wildman–Crippen LogP) is 4.68. The Kier molecular flexibility index (Phi) is 4.07. The highest BCUT2D eigenvalue weighted by Gasteiger charge is 2.12. The summed E-state index contributed by atoms with van der Waals surface area (Å²) in [5, 5.41) is 12.1. The van der Waals surface area contributed by atoms with Crippen molar-refractivity contribution >= 4 is 44.9 Å². The van der Waals surface area contributed by atoms with E-state index in [0.717, 1.165) is 0 Å². The van der Waals surface area contributed by atoms with Gasteiger partial charge in [-0.3, -0.25) is 0 Å². The van der Waals surface area contributed by atoms with Crippen LogP contribution >= 0.6 is 27.5 Å². The van der Waals surface area contributed by atoms with E-state index in [1.165, 1.54) is 30.3 Å². The lowest BCUT2D eigenvalue weighted by molar-refractivity contribution is 0.0698. The third-order valence-electron chi connectivity index (χ3n) is 2.41. The fourth-order valence-corrected chi connectivity index (χ4v) is 2.07. The van der Waals surface area contributed by atoms with Crippen LogP contribution in [0.25, 0.3) is 0 Å². The number of halogens is 3. The van der Waals surface area contributed by atoms with Gasteiger partial charge in [0.05, 0.1) is 16.9 Å². The fraction of sp³-hybridized carbons (Fsp3) is 0. The van der Waals surface area contributed by atoms with E-state index in [1.54, 1.807) is 6.07 Å². The van der Waals surface area contributed by atoms with Gasteiger partial charge in [-0.25, -0.2) is 9.18 Å². The minimum Gasteiger partial charge on any atom is -0.478 e. The summed E-state index contributed by atoms with van der Waals surface area (Å²) in [6.45, 7) is 0. The molecule has 2 rings (SSSR count). The van der Waals surface area contributed by atoms with Crippen LogP contribution in [0.2, 0.25) is 5.02 Å². The van der Waals surface area contributed by atoms with E-state index in [-0.39, 0.29) is 16.9 Å². The van der Waals surface area contributed by atoms with Crippen molar-refractivity contribution < 1.29 is 14.3 Å². The van der Waals surface area contributed by atoms with Crippen LogP contribution in [0.1, 0.15) is 10.4 Å². The Morgan fingerprint density at radius 2 is 1.95 bits per heavy atom. The van der Waals surface area contributed by atoms with Crippen molar-refractivity contribution in [3.05, 3.63) is 57.3 Å². The normalized spacial score (nSPS) is 10.3. The Morgan fingerprint density at radius 3 is 2.63 bits per heavy atom. The van der Waals surface area contributed by atoms with E-state index in [2.05, 4.69) is 21.2 Å². The van der Waals surface area contributed by atoms with Gasteiger partial charge < -0.3 is 10.4 Å². The van der Waals surface area contributed by atoms with Crippen LogP contribution < -0.4 is 5.32 Å². The summed E-state index contributed by atoms with van der Waals surface area (Å²) in [7, 11) is 0. The van der Waals surface area contributed by atoms with Crippen LogP contribution in [-0.2, 0) is 0 Å². The lowest BCUT2D eigenvalue weighted by atomic mass is 10.1. The average molecular weight is 345 g/mol. The summed E-state index contributed by atoms with van der Waals surface area (Å²) in [6.07, 6.45) is 0. The highest BCUT2D eigenvalue weighted by atomic mass is 79.9. The first-order valence-electron chi connectivity index (χ1n) is 5.22.